The maximum absolute atomic E-state index is 7.95. The third kappa shape index (κ3) is 9.01. The van der Waals surface area contributed by atoms with E-state index in [9.17, 15) is 0 Å². The second kappa shape index (κ2) is 16.1. The molecular formula is C52H61ClN2Si. The molecule has 1 atom stereocenters. The van der Waals surface area contributed by atoms with E-state index >= 15 is 0 Å². The third-order valence-electron chi connectivity index (χ3n) is 11.1. The van der Waals surface area contributed by atoms with Gasteiger partial charge in [-0.3, -0.25) is 0 Å². The van der Waals surface area contributed by atoms with E-state index in [0.29, 0.717) is 10.9 Å². The Morgan fingerprint density at radius 3 is 1.07 bits per heavy atom. The molecule has 0 saturated heterocycles. The van der Waals surface area contributed by atoms with Gasteiger partial charge in [0.25, 0.3) is 0 Å². The molecular weight excluding hydrogens is 716 g/mol. The first kappa shape index (κ1) is 41.1. The molecule has 0 heterocycles. The summed E-state index contributed by atoms with van der Waals surface area (Å²) in [6.07, 6.45) is 0. The first-order valence-corrected chi connectivity index (χ1v) is 22.9. The Bertz CT molecular complexity index is 2160. The number of halogens is 1. The molecule has 0 amide bonds. The van der Waals surface area contributed by atoms with Gasteiger partial charge < -0.3 is 9.80 Å². The van der Waals surface area contributed by atoms with Gasteiger partial charge in [-0.2, -0.15) is 0 Å². The Hall–Kier alpha value is -4.57. The van der Waals surface area contributed by atoms with Crippen molar-refractivity contribution in [2.24, 2.45) is 0 Å². The van der Waals surface area contributed by atoms with Crippen LogP contribution in [0.5, 0.6) is 0 Å². The van der Waals surface area contributed by atoms with E-state index in [4.69, 9.17) is 11.6 Å². The van der Waals surface area contributed by atoms with E-state index in [0.717, 1.165) is 34.1 Å². The summed E-state index contributed by atoms with van der Waals surface area (Å²) in [5.41, 5.74) is 11.5. The van der Waals surface area contributed by atoms with Crippen LogP contribution in [0.1, 0.15) is 104 Å². The third-order valence-corrected chi connectivity index (χ3v) is 14.2. The van der Waals surface area contributed by atoms with E-state index in [2.05, 4.69) is 232 Å². The van der Waals surface area contributed by atoms with E-state index in [1.54, 1.807) is 0 Å². The second-order valence-corrected chi connectivity index (χ2v) is 22.0. The number of hydrogen-bond acceptors (Lipinski definition) is 2. The van der Waals surface area contributed by atoms with Crippen molar-refractivity contribution in [3.05, 3.63) is 167 Å². The molecule has 0 aromatic heterocycles. The molecule has 2 nitrogen and oxygen atoms in total. The summed E-state index contributed by atoms with van der Waals surface area (Å²) >= 11 is 7.95. The van der Waals surface area contributed by atoms with Crippen LogP contribution in [0.4, 0.5) is 34.1 Å². The molecule has 0 N–H and O–H groups in total. The standard InChI is InChI=1S/C52H61ClN2Si/c1-36(2)37-18-26-41(27-19-37)54(42-28-20-38(21-29-42)50(3,4)5)47-34-46(56(12)45-16-14-13-15-17-45)35-48(49(47)53)55(43-30-22-39(23-31-43)51(6,7)8)44-32-24-40(25-33-44)52(9,10)11/h13-36,56H,1-12H3. The largest absolute Gasteiger partial charge is 0.309 e. The maximum atomic E-state index is 7.95. The van der Waals surface area contributed by atoms with Crippen molar-refractivity contribution in [2.75, 3.05) is 9.80 Å². The molecule has 0 bridgehead atoms. The van der Waals surface area contributed by atoms with Crippen molar-refractivity contribution in [1.29, 1.82) is 0 Å². The summed E-state index contributed by atoms with van der Waals surface area (Å²) in [4.78, 5) is 4.73. The topological polar surface area (TPSA) is 6.48 Å². The molecule has 6 aromatic rings. The summed E-state index contributed by atoms with van der Waals surface area (Å²) in [5, 5.41) is 3.42. The Balaban J connectivity index is 1.66. The number of nitrogens with zero attached hydrogens (tertiary/aromatic N) is 2. The molecule has 0 aliphatic heterocycles. The zero-order chi connectivity index (χ0) is 40.6. The first-order chi connectivity index (χ1) is 26.3. The lowest BCUT2D eigenvalue weighted by Gasteiger charge is -2.33. The van der Waals surface area contributed by atoms with Crippen LogP contribution in [-0.4, -0.2) is 8.80 Å². The predicted molar refractivity (Wildman–Crippen MR) is 250 cm³/mol. The van der Waals surface area contributed by atoms with Gasteiger partial charge in [0.2, 0.25) is 0 Å². The van der Waals surface area contributed by atoms with Gasteiger partial charge in [-0.15, -0.1) is 0 Å². The minimum atomic E-state index is -1.68. The van der Waals surface area contributed by atoms with Crippen molar-refractivity contribution < 1.29 is 0 Å². The van der Waals surface area contributed by atoms with Crippen LogP contribution in [-0.2, 0) is 16.2 Å². The van der Waals surface area contributed by atoms with Gasteiger partial charge in [0, 0.05) is 22.7 Å². The van der Waals surface area contributed by atoms with Crippen molar-refractivity contribution in [1.82, 2.24) is 0 Å². The highest BCUT2D eigenvalue weighted by Crippen LogP contribution is 2.47. The van der Waals surface area contributed by atoms with Crippen LogP contribution in [0.2, 0.25) is 11.6 Å². The molecule has 0 fully saturated rings. The molecule has 0 spiro atoms. The Morgan fingerprint density at radius 1 is 0.446 bits per heavy atom. The van der Waals surface area contributed by atoms with Crippen LogP contribution in [0, 0.1) is 0 Å². The van der Waals surface area contributed by atoms with Crippen molar-refractivity contribution in [3.8, 4) is 0 Å². The van der Waals surface area contributed by atoms with Crippen LogP contribution in [0.15, 0.2) is 140 Å². The van der Waals surface area contributed by atoms with Crippen molar-refractivity contribution >= 4 is 64.9 Å². The minimum Gasteiger partial charge on any atom is -0.309 e. The summed E-state index contributed by atoms with van der Waals surface area (Å²) in [7, 11) is -1.68. The van der Waals surface area contributed by atoms with E-state index < -0.39 is 8.80 Å². The van der Waals surface area contributed by atoms with Crippen molar-refractivity contribution in [2.45, 2.75) is 105 Å². The average Bonchev–Trinajstić information content (AvgIpc) is 3.16. The van der Waals surface area contributed by atoms with Crippen molar-refractivity contribution in [3.63, 3.8) is 0 Å². The molecule has 56 heavy (non-hydrogen) atoms. The van der Waals surface area contributed by atoms with Gasteiger partial charge in [0.05, 0.1) is 25.2 Å². The lowest BCUT2D eigenvalue weighted by atomic mass is 9.86. The summed E-state index contributed by atoms with van der Waals surface area (Å²) < 4.78 is 0. The van der Waals surface area contributed by atoms with E-state index in [-0.39, 0.29) is 16.2 Å². The molecule has 6 aromatic carbocycles. The number of rotatable bonds is 9. The molecule has 0 saturated carbocycles. The van der Waals surface area contributed by atoms with Gasteiger partial charge >= 0.3 is 0 Å². The van der Waals surface area contributed by atoms with Gasteiger partial charge in [-0.05, 0) is 105 Å². The Morgan fingerprint density at radius 2 is 0.768 bits per heavy atom. The SMILES string of the molecule is CC(C)c1ccc(N(c2ccc(C(C)(C)C)cc2)c2cc([SiH](C)c3ccccc3)cc(N(c3ccc(C(C)(C)C)cc3)c3ccc(C(C)(C)C)cc3)c2Cl)cc1. The average molecular weight is 778 g/mol. The molecule has 6 rings (SSSR count). The highest BCUT2D eigenvalue weighted by atomic mass is 35.5. The maximum Gasteiger partial charge on any atom is 0.0999 e. The van der Waals surface area contributed by atoms with Crippen LogP contribution < -0.4 is 20.2 Å². The molecule has 4 heteroatoms. The Labute approximate surface area is 344 Å². The fraction of sp³-hybridized carbons (Fsp3) is 0.308. The molecule has 0 aliphatic carbocycles. The normalized spacial score (nSPS) is 12.8. The quantitative estimate of drug-likeness (QED) is 0.135. The molecule has 0 radical (unpaired) electrons. The summed E-state index contributed by atoms with van der Waals surface area (Å²) in [6, 6.07) is 51.9. The van der Waals surface area contributed by atoms with E-state index in [1.165, 1.54) is 32.6 Å². The molecule has 290 valence electrons. The lowest BCUT2D eigenvalue weighted by molar-refractivity contribution is 0.590. The number of anilines is 6. The summed E-state index contributed by atoms with van der Waals surface area (Å²) in [5.74, 6) is 0.433. The van der Waals surface area contributed by atoms with Gasteiger partial charge in [0.15, 0.2) is 0 Å². The van der Waals surface area contributed by atoms with Gasteiger partial charge in [0.1, 0.15) is 0 Å². The first-order valence-electron chi connectivity index (χ1n) is 20.2. The lowest BCUT2D eigenvalue weighted by Crippen LogP contribution is -2.39. The van der Waals surface area contributed by atoms with Gasteiger partial charge in [-0.25, -0.2) is 0 Å². The molecule has 0 aliphatic rings. The van der Waals surface area contributed by atoms with Crippen LogP contribution in [0.3, 0.4) is 0 Å². The zero-order valence-electron chi connectivity index (χ0n) is 35.7. The highest BCUT2D eigenvalue weighted by molar-refractivity contribution is 6.84. The van der Waals surface area contributed by atoms with Crippen LogP contribution in [0.25, 0.3) is 0 Å². The smallest absolute Gasteiger partial charge is 0.0999 e. The molecule has 1 unspecified atom stereocenters. The Kier molecular flexibility index (Phi) is 11.8. The minimum absolute atomic E-state index is 0.0350. The fourth-order valence-electron chi connectivity index (χ4n) is 7.32. The second-order valence-electron chi connectivity index (χ2n) is 18.8. The zero-order valence-corrected chi connectivity index (χ0v) is 37.6. The number of benzene rings is 6. The van der Waals surface area contributed by atoms with Gasteiger partial charge in [-0.1, -0.05) is 184 Å². The predicted octanol–water partition coefficient (Wildman–Crippen LogP) is 14.3. The van der Waals surface area contributed by atoms with E-state index in [1.807, 2.05) is 0 Å². The van der Waals surface area contributed by atoms with Crippen LogP contribution >= 0.6 is 11.6 Å². The summed E-state index contributed by atoms with van der Waals surface area (Å²) in [6.45, 7) is 27.3. The number of hydrogen-bond donors (Lipinski definition) is 0. The highest BCUT2D eigenvalue weighted by Gasteiger charge is 2.27. The fourth-order valence-corrected chi connectivity index (χ4v) is 9.60. The monoisotopic (exact) mass is 776 g/mol.